The van der Waals surface area contributed by atoms with Crippen LogP contribution in [0.3, 0.4) is 0 Å². The van der Waals surface area contributed by atoms with E-state index in [0.29, 0.717) is 18.4 Å². The number of carbonyl (C=O) groups excluding carboxylic acids is 1. The minimum Gasteiger partial charge on any atom is -0.368 e. The minimum absolute atomic E-state index is 0.0419. The summed E-state index contributed by atoms with van der Waals surface area (Å²) < 4.78 is 7.33. The van der Waals surface area contributed by atoms with Gasteiger partial charge in [-0.25, -0.2) is 0 Å². The second-order valence-electron chi connectivity index (χ2n) is 6.18. The lowest BCUT2D eigenvalue weighted by molar-refractivity contribution is -0.131. The van der Waals surface area contributed by atoms with Crippen LogP contribution in [-0.2, 0) is 16.6 Å². The molecule has 20 heavy (non-hydrogen) atoms. The van der Waals surface area contributed by atoms with Gasteiger partial charge in [0.2, 0.25) is 0 Å². The lowest BCUT2D eigenvalue weighted by atomic mass is 9.83. The van der Waals surface area contributed by atoms with E-state index in [1.807, 2.05) is 13.1 Å². The number of amides is 1. The Morgan fingerprint density at radius 2 is 2.25 bits per heavy atom. The van der Waals surface area contributed by atoms with Gasteiger partial charge < -0.3 is 10.1 Å². The second kappa shape index (κ2) is 5.56. The van der Waals surface area contributed by atoms with Gasteiger partial charge in [-0.3, -0.25) is 9.48 Å². The fraction of sp³-hybridized carbons (Fsp3) is 0.733. The Kier molecular flexibility index (Phi) is 3.78. The first-order valence-electron chi connectivity index (χ1n) is 7.60. The summed E-state index contributed by atoms with van der Waals surface area (Å²) >= 11 is 0. The molecule has 1 N–H and O–H groups in total. The van der Waals surface area contributed by atoms with Crippen molar-refractivity contribution in [3.8, 4) is 0 Å². The van der Waals surface area contributed by atoms with E-state index in [1.54, 1.807) is 4.68 Å². The molecule has 2 aliphatic rings. The van der Waals surface area contributed by atoms with Crippen LogP contribution in [0.1, 0.15) is 50.6 Å². The quantitative estimate of drug-likeness (QED) is 0.923. The molecule has 0 bridgehead atoms. The van der Waals surface area contributed by atoms with E-state index in [9.17, 15) is 4.79 Å². The first kappa shape index (κ1) is 13.6. The Hall–Kier alpha value is -1.36. The van der Waals surface area contributed by atoms with Crippen molar-refractivity contribution in [1.82, 2.24) is 9.78 Å². The molecule has 2 atom stereocenters. The van der Waals surface area contributed by atoms with E-state index in [0.717, 1.165) is 24.4 Å². The number of aromatic nitrogens is 2. The lowest BCUT2D eigenvalue weighted by Crippen LogP contribution is -2.36. The molecule has 0 spiro atoms. The average Bonchev–Trinajstić information content (AvgIpc) is 2.68. The fourth-order valence-electron chi connectivity index (χ4n) is 2.86. The van der Waals surface area contributed by atoms with Crippen molar-refractivity contribution >= 4 is 11.7 Å². The van der Waals surface area contributed by atoms with Crippen molar-refractivity contribution in [3.05, 3.63) is 11.8 Å². The van der Waals surface area contributed by atoms with Crippen molar-refractivity contribution in [1.29, 1.82) is 0 Å². The number of nitrogens with zero attached hydrogens (tertiary/aromatic N) is 2. The molecule has 1 saturated carbocycles. The van der Waals surface area contributed by atoms with Gasteiger partial charge in [0.25, 0.3) is 5.91 Å². The van der Waals surface area contributed by atoms with E-state index in [-0.39, 0.29) is 12.0 Å². The van der Waals surface area contributed by atoms with Crippen LogP contribution >= 0.6 is 0 Å². The molecule has 5 heteroatoms. The number of aryl methyl sites for hydroxylation is 1. The van der Waals surface area contributed by atoms with Gasteiger partial charge in [0.15, 0.2) is 0 Å². The molecule has 1 saturated heterocycles. The Labute approximate surface area is 119 Å². The predicted molar refractivity (Wildman–Crippen MR) is 76.6 cm³/mol. The summed E-state index contributed by atoms with van der Waals surface area (Å²) in [6.07, 6.45) is 5.25. The number of anilines is 1. The van der Waals surface area contributed by atoms with Crippen LogP contribution in [0, 0.1) is 5.92 Å². The Morgan fingerprint density at radius 3 is 2.90 bits per heavy atom. The van der Waals surface area contributed by atoms with Crippen LogP contribution in [0.15, 0.2) is 6.07 Å². The maximum atomic E-state index is 12.3. The highest BCUT2D eigenvalue weighted by atomic mass is 16.5. The van der Waals surface area contributed by atoms with E-state index < -0.39 is 0 Å². The molecular formula is C15H23N3O2. The summed E-state index contributed by atoms with van der Waals surface area (Å²) in [6.45, 7) is 2.85. The first-order valence-corrected chi connectivity index (χ1v) is 7.60. The van der Waals surface area contributed by atoms with Crippen LogP contribution in [-0.4, -0.2) is 28.4 Å². The zero-order chi connectivity index (χ0) is 14.1. The largest absolute Gasteiger partial charge is 0.368 e. The molecule has 110 valence electrons. The third-order valence-electron chi connectivity index (χ3n) is 4.51. The SMILES string of the molecule is C[C@H]1CCO[C@H](C(=O)Nc2cc(C3CCC3)nn2C)C1. The van der Waals surface area contributed by atoms with Crippen LogP contribution in [0.5, 0.6) is 0 Å². The zero-order valence-corrected chi connectivity index (χ0v) is 12.3. The molecule has 2 heterocycles. The van der Waals surface area contributed by atoms with Crippen LogP contribution in [0.2, 0.25) is 0 Å². The van der Waals surface area contributed by atoms with Gasteiger partial charge in [-0.1, -0.05) is 13.3 Å². The van der Waals surface area contributed by atoms with Gasteiger partial charge in [-0.15, -0.1) is 0 Å². The smallest absolute Gasteiger partial charge is 0.254 e. The monoisotopic (exact) mass is 277 g/mol. The number of hydrogen-bond acceptors (Lipinski definition) is 3. The maximum absolute atomic E-state index is 12.3. The summed E-state index contributed by atoms with van der Waals surface area (Å²) in [6, 6.07) is 2.01. The molecule has 2 fully saturated rings. The first-order chi connectivity index (χ1) is 9.63. The Balaban J connectivity index is 1.64. The second-order valence-corrected chi connectivity index (χ2v) is 6.18. The normalized spacial score (nSPS) is 27.1. The molecule has 0 aromatic carbocycles. The summed E-state index contributed by atoms with van der Waals surface area (Å²) in [5.41, 5.74) is 1.10. The predicted octanol–water partition coefficient (Wildman–Crippen LogP) is 2.44. The fourth-order valence-corrected chi connectivity index (χ4v) is 2.86. The van der Waals surface area contributed by atoms with E-state index in [2.05, 4.69) is 17.3 Å². The highest BCUT2D eigenvalue weighted by Crippen LogP contribution is 2.36. The third kappa shape index (κ3) is 2.73. The van der Waals surface area contributed by atoms with E-state index in [1.165, 1.54) is 19.3 Å². The molecule has 5 nitrogen and oxygen atoms in total. The van der Waals surface area contributed by atoms with E-state index >= 15 is 0 Å². The zero-order valence-electron chi connectivity index (χ0n) is 12.3. The summed E-state index contributed by atoms with van der Waals surface area (Å²) in [5, 5.41) is 7.47. The number of carbonyl (C=O) groups is 1. The number of hydrogen-bond donors (Lipinski definition) is 1. The average molecular weight is 277 g/mol. The summed E-state index contributed by atoms with van der Waals surface area (Å²) in [7, 11) is 1.88. The molecular weight excluding hydrogens is 254 g/mol. The van der Waals surface area contributed by atoms with E-state index in [4.69, 9.17) is 4.74 Å². The summed E-state index contributed by atoms with van der Waals surface area (Å²) in [5.74, 6) is 1.87. The Bertz CT molecular complexity index is 493. The van der Waals surface area contributed by atoms with Crippen molar-refractivity contribution in [3.63, 3.8) is 0 Å². The van der Waals surface area contributed by atoms with Gasteiger partial charge in [0, 0.05) is 25.6 Å². The molecule has 3 rings (SSSR count). The molecule has 0 radical (unpaired) electrons. The van der Waals surface area contributed by atoms with Gasteiger partial charge in [0.1, 0.15) is 11.9 Å². The number of nitrogens with one attached hydrogen (secondary N) is 1. The Morgan fingerprint density at radius 1 is 1.45 bits per heavy atom. The maximum Gasteiger partial charge on any atom is 0.254 e. The molecule has 1 aliphatic carbocycles. The summed E-state index contributed by atoms with van der Waals surface area (Å²) in [4.78, 5) is 12.3. The molecule has 1 amide bonds. The van der Waals surface area contributed by atoms with Crippen molar-refractivity contribution < 1.29 is 9.53 Å². The standard InChI is InChI=1S/C15H23N3O2/c1-10-6-7-20-13(8-10)15(19)16-14-9-12(17-18(14)2)11-4-3-5-11/h9-11,13H,3-8H2,1-2H3,(H,16,19)/t10-,13-/m0/s1. The highest BCUT2D eigenvalue weighted by molar-refractivity contribution is 5.93. The van der Waals surface area contributed by atoms with Crippen LogP contribution in [0.4, 0.5) is 5.82 Å². The number of ether oxygens (including phenoxy) is 1. The van der Waals surface area contributed by atoms with Gasteiger partial charge in [0.05, 0.1) is 5.69 Å². The minimum atomic E-state index is -0.319. The van der Waals surface area contributed by atoms with Crippen molar-refractivity contribution in [2.45, 2.75) is 51.0 Å². The topological polar surface area (TPSA) is 56.1 Å². The number of rotatable bonds is 3. The van der Waals surface area contributed by atoms with Gasteiger partial charge >= 0.3 is 0 Å². The van der Waals surface area contributed by atoms with Crippen molar-refractivity contribution in [2.75, 3.05) is 11.9 Å². The molecule has 1 aliphatic heterocycles. The third-order valence-corrected chi connectivity index (χ3v) is 4.51. The molecule has 0 unspecified atom stereocenters. The van der Waals surface area contributed by atoms with Crippen LogP contribution in [0.25, 0.3) is 0 Å². The lowest BCUT2D eigenvalue weighted by Gasteiger charge is -2.26. The van der Waals surface area contributed by atoms with Crippen molar-refractivity contribution in [2.24, 2.45) is 13.0 Å². The van der Waals surface area contributed by atoms with Gasteiger partial charge in [-0.05, 0) is 31.6 Å². The molecule has 1 aromatic heterocycles. The highest BCUT2D eigenvalue weighted by Gasteiger charge is 2.27. The molecule has 1 aromatic rings. The van der Waals surface area contributed by atoms with Crippen LogP contribution < -0.4 is 5.32 Å². The van der Waals surface area contributed by atoms with Gasteiger partial charge in [-0.2, -0.15) is 5.10 Å².